The molecule has 2 N–H and O–H groups in total. The summed E-state index contributed by atoms with van der Waals surface area (Å²) in [5.41, 5.74) is 1.04. The Kier molecular flexibility index (Phi) is 10.0. The molecule has 0 aliphatic carbocycles. The molecular formula is C18H31NO. The summed E-state index contributed by atoms with van der Waals surface area (Å²) in [7, 11) is 0. The van der Waals surface area contributed by atoms with Crippen LogP contribution in [0, 0.1) is 0 Å². The van der Waals surface area contributed by atoms with Crippen LogP contribution in [0.5, 0.6) is 5.75 Å². The molecule has 0 atom stereocenters. The Morgan fingerprint density at radius 1 is 0.850 bits per heavy atom. The molecule has 1 rings (SSSR count). The number of aromatic hydroxyl groups is 1. The average Bonchev–Trinajstić information content (AvgIpc) is 2.46. The number of hydrogen-bond acceptors (Lipinski definition) is 2. The average molecular weight is 277 g/mol. The molecule has 0 aliphatic heterocycles. The minimum atomic E-state index is 0.418. The molecular weight excluding hydrogens is 246 g/mol. The molecule has 2 heteroatoms. The van der Waals surface area contributed by atoms with Crippen LogP contribution >= 0.6 is 0 Å². The van der Waals surface area contributed by atoms with Crippen molar-refractivity contribution in [2.24, 2.45) is 0 Å². The molecule has 114 valence electrons. The normalized spacial score (nSPS) is 10.8. The minimum absolute atomic E-state index is 0.418. The Balaban J connectivity index is 1.87. The first kappa shape index (κ1) is 17.0. The van der Waals surface area contributed by atoms with Gasteiger partial charge in [-0.2, -0.15) is 0 Å². The molecule has 0 heterocycles. The highest BCUT2D eigenvalue weighted by Gasteiger charge is 1.98. The molecule has 0 spiro atoms. The van der Waals surface area contributed by atoms with Gasteiger partial charge in [0.05, 0.1) is 0 Å². The van der Waals surface area contributed by atoms with E-state index in [1.165, 1.54) is 51.4 Å². The number of rotatable bonds is 12. The van der Waals surface area contributed by atoms with Crippen LogP contribution in [0.25, 0.3) is 0 Å². The molecule has 0 radical (unpaired) electrons. The fourth-order valence-corrected chi connectivity index (χ4v) is 2.45. The molecule has 0 unspecified atom stereocenters. The standard InChI is InChI=1S/C18H31NO/c1-2-3-4-5-6-7-8-11-15-19-16-14-17-12-9-10-13-18(17)20/h9-10,12-13,19-20H,2-8,11,14-16H2,1H3. The number of nitrogens with one attached hydrogen (secondary N) is 1. The van der Waals surface area contributed by atoms with Crippen molar-refractivity contribution in [2.75, 3.05) is 13.1 Å². The number of para-hydroxylation sites is 1. The third kappa shape index (κ3) is 8.21. The van der Waals surface area contributed by atoms with E-state index in [4.69, 9.17) is 0 Å². The Hall–Kier alpha value is -1.02. The van der Waals surface area contributed by atoms with Crippen molar-refractivity contribution >= 4 is 0 Å². The summed E-state index contributed by atoms with van der Waals surface area (Å²) in [6.07, 6.45) is 11.9. The first-order valence-corrected chi connectivity index (χ1v) is 8.32. The third-order valence-corrected chi connectivity index (χ3v) is 3.77. The Labute approximate surface area is 124 Å². The van der Waals surface area contributed by atoms with E-state index in [1.54, 1.807) is 6.07 Å². The summed E-state index contributed by atoms with van der Waals surface area (Å²) in [5, 5.41) is 13.1. The topological polar surface area (TPSA) is 32.3 Å². The van der Waals surface area contributed by atoms with Crippen LogP contribution in [0.4, 0.5) is 0 Å². The minimum Gasteiger partial charge on any atom is -0.508 e. The highest BCUT2D eigenvalue weighted by Crippen LogP contribution is 2.15. The Morgan fingerprint density at radius 2 is 1.50 bits per heavy atom. The molecule has 0 aliphatic rings. The van der Waals surface area contributed by atoms with Gasteiger partial charge in [-0.15, -0.1) is 0 Å². The van der Waals surface area contributed by atoms with E-state index in [-0.39, 0.29) is 0 Å². The zero-order chi connectivity index (χ0) is 14.5. The van der Waals surface area contributed by atoms with Gasteiger partial charge in [-0.25, -0.2) is 0 Å². The molecule has 0 bridgehead atoms. The molecule has 0 amide bonds. The third-order valence-electron chi connectivity index (χ3n) is 3.77. The largest absolute Gasteiger partial charge is 0.508 e. The fraction of sp³-hybridized carbons (Fsp3) is 0.667. The SMILES string of the molecule is CCCCCCCCCCNCCc1ccccc1O. The maximum Gasteiger partial charge on any atom is 0.118 e. The zero-order valence-electron chi connectivity index (χ0n) is 13.0. The van der Waals surface area contributed by atoms with Gasteiger partial charge in [-0.05, 0) is 37.6 Å². The molecule has 20 heavy (non-hydrogen) atoms. The smallest absolute Gasteiger partial charge is 0.118 e. The number of phenolic OH excluding ortho intramolecular Hbond substituents is 1. The number of hydrogen-bond donors (Lipinski definition) is 2. The second-order valence-corrected chi connectivity index (χ2v) is 5.60. The Bertz CT molecular complexity index is 338. The summed E-state index contributed by atoms with van der Waals surface area (Å²) < 4.78 is 0. The van der Waals surface area contributed by atoms with E-state index in [2.05, 4.69) is 12.2 Å². The molecule has 1 aromatic rings. The van der Waals surface area contributed by atoms with Crippen LogP contribution < -0.4 is 5.32 Å². The van der Waals surface area contributed by atoms with Crippen molar-refractivity contribution in [1.82, 2.24) is 5.32 Å². The lowest BCUT2D eigenvalue weighted by Crippen LogP contribution is -2.18. The van der Waals surface area contributed by atoms with Crippen LogP contribution in [0.15, 0.2) is 24.3 Å². The van der Waals surface area contributed by atoms with E-state index in [9.17, 15) is 5.11 Å². The molecule has 0 saturated heterocycles. The second kappa shape index (κ2) is 11.8. The number of unbranched alkanes of at least 4 members (excludes halogenated alkanes) is 7. The summed E-state index contributed by atoms with van der Waals surface area (Å²) in [5.74, 6) is 0.418. The predicted octanol–water partition coefficient (Wildman–Crippen LogP) is 4.67. The van der Waals surface area contributed by atoms with Gasteiger partial charge >= 0.3 is 0 Å². The van der Waals surface area contributed by atoms with E-state index in [0.29, 0.717) is 5.75 Å². The van der Waals surface area contributed by atoms with E-state index < -0.39 is 0 Å². The van der Waals surface area contributed by atoms with Gasteiger partial charge in [-0.3, -0.25) is 0 Å². The highest BCUT2D eigenvalue weighted by molar-refractivity contribution is 5.31. The second-order valence-electron chi connectivity index (χ2n) is 5.60. The van der Waals surface area contributed by atoms with E-state index in [1.807, 2.05) is 18.2 Å². The first-order valence-electron chi connectivity index (χ1n) is 8.32. The van der Waals surface area contributed by atoms with Gasteiger partial charge in [0, 0.05) is 0 Å². The summed E-state index contributed by atoms with van der Waals surface area (Å²) >= 11 is 0. The highest BCUT2D eigenvalue weighted by atomic mass is 16.3. The summed E-state index contributed by atoms with van der Waals surface area (Å²) in [4.78, 5) is 0. The first-order chi connectivity index (χ1) is 9.84. The quantitative estimate of drug-likeness (QED) is 0.544. The van der Waals surface area contributed by atoms with Crippen molar-refractivity contribution in [3.05, 3.63) is 29.8 Å². The maximum absolute atomic E-state index is 9.64. The van der Waals surface area contributed by atoms with Crippen LogP contribution in [0.1, 0.15) is 63.9 Å². The van der Waals surface area contributed by atoms with Gasteiger partial charge in [-0.1, -0.05) is 70.1 Å². The summed E-state index contributed by atoms with van der Waals surface area (Å²) in [6.45, 7) is 4.32. The van der Waals surface area contributed by atoms with Gasteiger partial charge in [0.2, 0.25) is 0 Å². The van der Waals surface area contributed by atoms with Crippen molar-refractivity contribution in [2.45, 2.75) is 64.7 Å². The summed E-state index contributed by atoms with van der Waals surface area (Å²) in [6, 6.07) is 7.60. The van der Waals surface area contributed by atoms with Crippen LogP contribution in [0.3, 0.4) is 0 Å². The lowest BCUT2D eigenvalue weighted by molar-refractivity contribution is 0.466. The van der Waals surface area contributed by atoms with E-state index in [0.717, 1.165) is 25.1 Å². The van der Waals surface area contributed by atoms with Gasteiger partial charge in [0.15, 0.2) is 0 Å². The van der Waals surface area contributed by atoms with Gasteiger partial charge in [0.25, 0.3) is 0 Å². The lowest BCUT2D eigenvalue weighted by atomic mass is 10.1. The molecule has 0 aromatic heterocycles. The van der Waals surface area contributed by atoms with Crippen LogP contribution in [-0.4, -0.2) is 18.2 Å². The monoisotopic (exact) mass is 277 g/mol. The Morgan fingerprint density at radius 3 is 2.20 bits per heavy atom. The molecule has 0 fully saturated rings. The lowest BCUT2D eigenvalue weighted by Gasteiger charge is -2.06. The van der Waals surface area contributed by atoms with Crippen LogP contribution in [0.2, 0.25) is 0 Å². The van der Waals surface area contributed by atoms with Crippen LogP contribution in [-0.2, 0) is 6.42 Å². The van der Waals surface area contributed by atoms with Crippen molar-refractivity contribution in [1.29, 1.82) is 0 Å². The number of phenols is 1. The van der Waals surface area contributed by atoms with Gasteiger partial charge in [0.1, 0.15) is 5.75 Å². The zero-order valence-corrected chi connectivity index (χ0v) is 13.0. The maximum atomic E-state index is 9.64. The van der Waals surface area contributed by atoms with Crippen molar-refractivity contribution in [3.63, 3.8) is 0 Å². The van der Waals surface area contributed by atoms with Crippen molar-refractivity contribution in [3.8, 4) is 5.75 Å². The molecule has 2 nitrogen and oxygen atoms in total. The molecule has 1 aromatic carbocycles. The number of benzene rings is 1. The van der Waals surface area contributed by atoms with Gasteiger partial charge < -0.3 is 10.4 Å². The van der Waals surface area contributed by atoms with Crippen molar-refractivity contribution < 1.29 is 5.11 Å². The fourth-order valence-electron chi connectivity index (χ4n) is 2.45. The molecule has 0 saturated carbocycles. The van der Waals surface area contributed by atoms with E-state index >= 15 is 0 Å². The predicted molar refractivity (Wildman–Crippen MR) is 87.3 cm³/mol.